The van der Waals surface area contributed by atoms with Crippen LogP contribution in [0.1, 0.15) is 28.4 Å². The molecule has 0 aromatic heterocycles. The number of ether oxygens (including phenoxy) is 2. The van der Waals surface area contributed by atoms with Crippen molar-refractivity contribution >= 4 is 11.8 Å². The first-order valence-corrected chi connectivity index (χ1v) is 7.10. The van der Waals surface area contributed by atoms with Gasteiger partial charge in [-0.2, -0.15) is 0 Å². The summed E-state index contributed by atoms with van der Waals surface area (Å²) in [5, 5.41) is 0. The van der Waals surface area contributed by atoms with Crippen molar-refractivity contribution in [3.8, 4) is 5.75 Å². The van der Waals surface area contributed by atoms with Crippen molar-refractivity contribution < 1.29 is 19.1 Å². The summed E-state index contributed by atoms with van der Waals surface area (Å²) in [4.78, 5) is 23.4. The summed E-state index contributed by atoms with van der Waals surface area (Å²) < 4.78 is 10.5. The molecule has 0 atom stereocenters. The van der Waals surface area contributed by atoms with Gasteiger partial charge in [0.15, 0.2) is 0 Å². The second-order valence-electron chi connectivity index (χ2n) is 4.80. The maximum atomic E-state index is 11.9. The van der Waals surface area contributed by atoms with Gasteiger partial charge in [0, 0.05) is 5.56 Å². The van der Waals surface area contributed by atoms with Crippen LogP contribution in [0.4, 0.5) is 0 Å². The van der Waals surface area contributed by atoms with E-state index in [9.17, 15) is 9.59 Å². The van der Waals surface area contributed by atoms with E-state index in [0.29, 0.717) is 12.4 Å². The minimum absolute atomic E-state index is 0.174. The maximum Gasteiger partial charge on any atom is 0.379 e. The van der Waals surface area contributed by atoms with E-state index >= 15 is 0 Å². The lowest BCUT2D eigenvalue weighted by atomic mass is 10.1. The minimum atomic E-state index is -0.847. The summed E-state index contributed by atoms with van der Waals surface area (Å²) >= 11 is 0. The molecular formula is C18H18O4. The summed E-state index contributed by atoms with van der Waals surface area (Å²) in [5.41, 5.74) is 2.20. The number of aryl methyl sites for hydroxylation is 1. The van der Waals surface area contributed by atoms with Crippen molar-refractivity contribution in [1.29, 1.82) is 0 Å². The summed E-state index contributed by atoms with van der Waals surface area (Å²) in [7, 11) is 0. The molecule has 0 aliphatic rings. The third kappa shape index (κ3) is 3.95. The molecular weight excluding hydrogens is 280 g/mol. The first kappa shape index (κ1) is 15.8. The average Bonchev–Trinajstić information content (AvgIpc) is 2.54. The number of hydrogen-bond donors (Lipinski definition) is 0. The van der Waals surface area contributed by atoms with Crippen LogP contribution in [0.25, 0.3) is 0 Å². The average molecular weight is 298 g/mol. The highest BCUT2D eigenvalue weighted by Gasteiger charge is 2.18. The van der Waals surface area contributed by atoms with E-state index in [1.807, 2.05) is 37.3 Å². The molecule has 0 saturated heterocycles. The normalized spacial score (nSPS) is 10.1. The molecule has 0 N–H and O–H groups in total. The molecule has 0 heterocycles. The summed E-state index contributed by atoms with van der Waals surface area (Å²) in [6.07, 6.45) is 0. The van der Waals surface area contributed by atoms with Gasteiger partial charge in [-0.05, 0) is 31.0 Å². The van der Waals surface area contributed by atoms with Crippen molar-refractivity contribution in [3.63, 3.8) is 0 Å². The molecule has 22 heavy (non-hydrogen) atoms. The van der Waals surface area contributed by atoms with Crippen molar-refractivity contribution in [3.05, 3.63) is 65.2 Å². The lowest BCUT2D eigenvalue weighted by Crippen LogP contribution is -2.17. The van der Waals surface area contributed by atoms with Crippen molar-refractivity contribution in [1.82, 2.24) is 0 Å². The molecule has 0 unspecified atom stereocenters. The molecule has 2 aromatic rings. The molecule has 0 fully saturated rings. The Bertz CT molecular complexity index is 662. The number of carbonyl (C=O) groups excluding carboxylic acids is 2. The zero-order chi connectivity index (χ0) is 15.9. The molecule has 0 spiro atoms. The number of Topliss-reactive ketones (excluding diaryl/α,β-unsaturated/α-hetero) is 1. The van der Waals surface area contributed by atoms with Crippen molar-refractivity contribution in [2.24, 2.45) is 0 Å². The third-order valence-corrected chi connectivity index (χ3v) is 3.15. The second-order valence-corrected chi connectivity index (χ2v) is 4.80. The fourth-order valence-corrected chi connectivity index (χ4v) is 1.95. The topological polar surface area (TPSA) is 52.6 Å². The minimum Gasteiger partial charge on any atom is -0.489 e. The lowest BCUT2D eigenvalue weighted by Gasteiger charge is -2.10. The third-order valence-electron chi connectivity index (χ3n) is 3.15. The van der Waals surface area contributed by atoms with Gasteiger partial charge in [0.25, 0.3) is 5.78 Å². The summed E-state index contributed by atoms with van der Waals surface area (Å²) in [6, 6.07) is 14.7. The van der Waals surface area contributed by atoms with Gasteiger partial charge in [-0.15, -0.1) is 0 Å². The number of esters is 1. The molecule has 114 valence electrons. The molecule has 0 bridgehead atoms. The Morgan fingerprint density at radius 2 is 1.77 bits per heavy atom. The van der Waals surface area contributed by atoms with Gasteiger partial charge in [0.2, 0.25) is 0 Å². The van der Waals surface area contributed by atoms with Crippen LogP contribution in [0.5, 0.6) is 5.75 Å². The zero-order valence-electron chi connectivity index (χ0n) is 12.7. The Morgan fingerprint density at radius 1 is 1.05 bits per heavy atom. The maximum absolute atomic E-state index is 11.9. The molecule has 0 aliphatic carbocycles. The van der Waals surface area contributed by atoms with E-state index in [0.717, 1.165) is 11.1 Å². The number of benzene rings is 2. The van der Waals surface area contributed by atoms with Gasteiger partial charge < -0.3 is 9.47 Å². The zero-order valence-corrected chi connectivity index (χ0v) is 12.7. The predicted molar refractivity (Wildman–Crippen MR) is 82.9 cm³/mol. The van der Waals surface area contributed by atoms with Gasteiger partial charge >= 0.3 is 5.97 Å². The van der Waals surface area contributed by atoms with Crippen LogP contribution in [-0.2, 0) is 16.1 Å². The second kappa shape index (κ2) is 7.41. The fourth-order valence-electron chi connectivity index (χ4n) is 1.95. The summed E-state index contributed by atoms with van der Waals surface area (Å²) in [5.74, 6) is -0.925. The Morgan fingerprint density at radius 3 is 2.45 bits per heavy atom. The molecule has 2 rings (SSSR count). The van der Waals surface area contributed by atoms with E-state index in [-0.39, 0.29) is 12.2 Å². The molecule has 2 aromatic carbocycles. The first-order valence-electron chi connectivity index (χ1n) is 7.10. The Balaban J connectivity index is 2.13. The van der Waals surface area contributed by atoms with Gasteiger partial charge in [0.1, 0.15) is 12.4 Å². The predicted octanol–water partition coefficient (Wildman–Crippen LogP) is 3.32. The van der Waals surface area contributed by atoms with Crippen LogP contribution in [0.15, 0.2) is 48.5 Å². The SMILES string of the molecule is CCOC(=O)C(=O)c1ccc(C)c(OCc2ccccc2)c1. The summed E-state index contributed by atoms with van der Waals surface area (Å²) in [6.45, 7) is 4.13. The van der Waals surface area contributed by atoms with Crippen LogP contribution in [0.2, 0.25) is 0 Å². The molecule has 0 saturated carbocycles. The van der Waals surface area contributed by atoms with E-state index in [4.69, 9.17) is 9.47 Å². The van der Waals surface area contributed by atoms with Gasteiger partial charge in [0.05, 0.1) is 6.61 Å². The fraction of sp³-hybridized carbons (Fsp3) is 0.222. The van der Waals surface area contributed by atoms with E-state index in [1.165, 1.54) is 0 Å². The van der Waals surface area contributed by atoms with E-state index in [2.05, 4.69) is 0 Å². The van der Waals surface area contributed by atoms with Crippen LogP contribution < -0.4 is 4.74 Å². The van der Waals surface area contributed by atoms with Gasteiger partial charge in [-0.25, -0.2) is 4.79 Å². The molecule has 4 nitrogen and oxygen atoms in total. The number of hydrogen-bond acceptors (Lipinski definition) is 4. The smallest absolute Gasteiger partial charge is 0.379 e. The standard InChI is InChI=1S/C18H18O4/c1-3-21-18(20)17(19)15-10-9-13(2)16(11-15)22-12-14-7-5-4-6-8-14/h4-11H,3,12H2,1-2H3. The highest BCUT2D eigenvalue weighted by atomic mass is 16.5. The van der Waals surface area contributed by atoms with Crippen LogP contribution in [0.3, 0.4) is 0 Å². The Kier molecular flexibility index (Phi) is 5.31. The van der Waals surface area contributed by atoms with E-state index in [1.54, 1.807) is 25.1 Å². The quantitative estimate of drug-likeness (QED) is 0.466. The van der Waals surface area contributed by atoms with Crippen LogP contribution in [-0.4, -0.2) is 18.4 Å². The number of ketones is 1. The van der Waals surface area contributed by atoms with Gasteiger partial charge in [-0.1, -0.05) is 42.5 Å². The first-order chi connectivity index (χ1) is 10.6. The Labute approximate surface area is 129 Å². The van der Waals surface area contributed by atoms with Crippen LogP contribution in [0, 0.1) is 6.92 Å². The molecule has 0 amide bonds. The number of carbonyl (C=O) groups is 2. The highest BCUT2D eigenvalue weighted by molar-refractivity contribution is 6.40. The highest BCUT2D eigenvalue weighted by Crippen LogP contribution is 2.21. The lowest BCUT2D eigenvalue weighted by molar-refractivity contribution is -0.137. The Hall–Kier alpha value is -2.62. The largest absolute Gasteiger partial charge is 0.489 e. The van der Waals surface area contributed by atoms with Crippen molar-refractivity contribution in [2.45, 2.75) is 20.5 Å². The monoisotopic (exact) mass is 298 g/mol. The van der Waals surface area contributed by atoms with E-state index < -0.39 is 11.8 Å². The van der Waals surface area contributed by atoms with Crippen molar-refractivity contribution in [2.75, 3.05) is 6.61 Å². The molecule has 0 aliphatic heterocycles. The van der Waals surface area contributed by atoms with Crippen LogP contribution >= 0.6 is 0 Å². The van der Waals surface area contributed by atoms with Gasteiger partial charge in [-0.3, -0.25) is 4.79 Å². The number of rotatable bonds is 6. The molecule has 0 radical (unpaired) electrons. The molecule has 4 heteroatoms.